The first kappa shape index (κ1) is 21.5. The van der Waals surface area contributed by atoms with Gasteiger partial charge in [-0.25, -0.2) is 8.78 Å². The number of rotatable bonds is 4. The number of fused-ring (bicyclic) bond motifs is 1. The number of carbonyl (C=O) groups excluding carboxylic acids is 2. The maximum Gasteiger partial charge on any atom is 0.352 e. The number of hydrogen-bond acceptors (Lipinski definition) is 4. The van der Waals surface area contributed by atoms with Crippen molar-refractivity contribution in [3.8, 4) is 0 Å². The normalized spacial score (nSPS) is 13.6. The van der Waals surface area contributed by atoms with Crippen molar-refractivity contribution in [1.82, 2.24) is 20.3 Å². The maximum absolute atomic E-state index is 15.0. The molecule has 0 atom stereocenters. The van der Waals surface area contributed by atoms with Gasteiger partial charge in [0.05, 0.1) is 17.8 Å². The minimum atomic E-state index is -4.21. The number of nitrogens with zero attached hydrogens (tertiary/aromatic N) is 3. The van der Waals surface area contributed by atoms with Crippen molar-refractivity contribution in [2.24, 2.45) is 0 Å². The molecule has 1 aromatic heterocycles. The highest BCUT2D eigenvalue weighted by Crippen LogP contribution is 2.34. The topological polar surface area (TPSA) is 91.0 Å². The van der Waals surface area contributed by atoms with E-state index in [1.807, 2.05) is 0 Å². The summed E-state index contributed by atoms with van der Waals surface area (Å²) in [5.74, 6) is -8.42. The lowest BCUT2D eigenvalue weighted by Gasteiger charge is -2.29. The van der Waals surface area contributed by atoms with Gasteiger partial charge in [0.2, 0.25) is 0 Å². The molecule has 0 unspecified atom stereocenters. The third kappa shape index (κ3) is 3.93. The molecular weight excluding hydrogens is 430 g/mol. The molecule has 32 heavy (non-hydrogen) atoms. The number of nitrogens with one attached hydrogen (secondary N) is 2. The van der Waals surface area contributed by atoms with Gasteiger partial charge in [0.15, 0.2) is 0 Å². The highest BCUT2D eigenvalue weighted by Gasteiger charge is 2.47. The van der Waals surface area contributed by atoms with Crippen molar-refractivity contribution < 1.29 is 27.2 Å². The molecule has 2 aromatic carbocycles. The fourth-order valence-electron chi connectivity index (χ4n) is 3.42. The molecule has 0 aliphatic carbocycles. The minimum absolute atomic E-state index is 0.0169. The van der Waals surface area contributed by atoms with Crippen LogP contribution in [0, 0.1) is 18.6 Å². The predicted octanol–water partition coefficient (Wildman–Crippen LogP) is 3.32. The van der Waals surface area contributed by atoms with Crippen molar-refractivity contribution in [1.29, 1.82) is 0 Å². The van der Waals surface area contributed by atoms with Crippen LogP contribution >= 0.6 is 0 Å². The molecule has 0 saturated heterocycles. The summed E-state index contributed by atoms with van der Waals surface area (Å²) in [5.41, 5.74) is 0.0300. The molecule has 11 heteroatoms. The number of anilines is 1. The third-order valence-corrected chi connectivity index (χ3v) is 5.21. The number of carbonyl (C=O) groups is 2. The van der Waals surface area contributed by atoms with Crippen LogP contribution in [0.5, 0.6) is 0 Å². The summed E-state index contributed by atoms with van der Waals surface area (Å²) < 4.78 is 57.7. The fraction of sp³-hybridized carbons (Fsp3) is 0.238. The van der Waals surface area contributed by atoms with Gasteiger partial charge in [0.25, 0.3) is 11.8 Å². The zero-order valence-electron chi connectivity index (χ0n) is 16.8. The predicted molar refractivity (Wildman–Crippen MR) is 105 cm³/mol. The van der Waals surface area contributed by atoms with Gasteiger partial charge in [-0.15, -0.1) is 5.10 Å². The second-order valence-corrected chi connectivity index (χ2v) is 7.40. The average Bonchev–Trinajstić information content (AvgIpc) is 3.23. The molecule has 166 valence electrons. The lowest BCUT2D eigenvalue weighted by molar-refractivity contribution is -0.160. The quantitative estimate of drug-likeness (QED) is 0.601. The first-order chi connectivity index (χ1) is 15.2. The third-order valence-electron chi connectivity index (χ3n) is 5.21. The van der Waals surface area contributed by atoms with E-state index < -0.39 is 34.9 Å². The number of amides is 2. The maximum atomic E-state index is 15.0. The Morgan fingerprint density at radius 2 is 1.88 bits per heavy atom. The lowest BCUT2D eigenvalue weighted by Crippen LogP contribution is -2.44. The molecule has 2 amide bonds. The van der Waals surface area contributed by atoms with E-state index in [1.54, 1.807) is 0 Å². The van der Waals surface area contributed by atoms with Crippen LogP contribution in [0.1, 0.15) is 32.9 Å². The Labute approximate surface area is 179 Å². The second-order valence-electron chi connectivity index (χ2n) is 7.40. The highest BCUT2D eigenvalue weighted by molar-refractivity contribution is 6.04. The number of H-pyrrole nitrogens is 1. The van der Waals surface area contributed by atoms with Gasteiger partial charge in [-0.2, -0.15) is 8.78 Å². The van der Waals surface area contributed by atoms with Crippen molar-refractivity contribution in [2.45, 2.75) is 25.8 Å². The molecule has 1 aliphatic heterocycles. The van der Waals surface area contributed by atoms with E-state index in [0.717, 1.165) is 17.0 Å². The Bertz CT molecular complexity index is 1210. The summed E-state index contributed by atoms with van der Waals surface area (Å²) >= 11 is 0. The van der Waals surface area contributed by atoms with Crippen molar-refractivity contribution in [3.05, 3.63) is 76.1 Å². The molecule has 3 aromatic rings. The number of aromatic amines is 1. The Balaban J connectivity index is 1.57. The van der Waals surface area contributed by atoms with Crippen LogP contribution in [0.2, 0.25) is 0 Å². The van der Waals surface area contributed by atoms with Crippen LogP contribution < -0.4 is 5.32 Å². The first-order valence-electron chi connectivity index (χ1n) is 9.60. The van der Waals surface area contributed by atoms with E-state index in [2.05, 4.69) is 20.7 Å². The molecule has 0 radical (unpaired) electrons. The summed E-state index contributed by atoms with van der Waals surface area (Å²) in [6.45, 7) is 1.29. The Kier molecular flexibility index (Phi) is 5.41. The van der Waals surface area contributed by atoms with Crippen LogP contribution in [0.15, 0.2) is 36.4 Å². The number of aryl methyl sites for hydroxylation is 1. The Morgan fingerprint density at radius 1 is 1.12 bits per heavy atom. The van der Waals surface area contributed by atoms with E-state index in [-0.39, 0.29) is 36.3 Å². The van der Waals surface area contributed by atoms with Crippen molar-refractivity contribution in [2.75, 3.05) is 11.9 Å². The van der Waals surface area contributed by atoms with Gasteiger partial charge in [0, 0.05) is 24.2 Å². The van der Waals surface area contributed by atoms with Crippen molar-refractivity contribution >= 4 is 17.5 Å². The molecule has 0 saturated carbocycles. The SMILES string of the molecule is Cc1cc(NC(=O)c2ccc(F)c(C(F)(F)C(=O)N3CCc4[nH]nnc4C3)c2)ccc1F. The van der Waals surface area contributed by atoms with Gasteiger partial charge in [0.1, 0.15) is 17.3 Å². The summed E-state index contributed by atoms with van der Waals surface area (Å²) in [4.78, 5) is 25.9. The van der Waals surface area contributed by atoms with Gasteiger partial charge in [-0.1, -0.05) is 5.21 Å². The summed E-state index contributed by atoms with van der Waals surface area (Å²) in [6.07, 6.45) is 0.256. The first-order valence-corrected chi connectivity index (χ1v) is 9.60. The largest absolute Gasteiger partial charge is 0.352 e. The molecular formula is C21H17F4N5O2. The number of halogens is 4. The van der Waals surface area contributed by atoms with E-state index in [1.165, 1.54) is 19.1 Å². The Hall–Kier alpha value is -3.76. The van der Waals surface area contributed by atoms with E-state index in [9.17, 15) is 18.4 Å². The zero-order valence-corrected chi connectivity index (χ0v) is 16.8. The highest BCUT2D eigenvalue weighted by atomic mass is 19.3. The average molecular weight is 447 g/mol. The molecule has 0 bridgehead atoms. The van der Waals surface area contributed by atoms with Crippen LogP contribution in [-0.4, -0.2) is 38.7 Å². The molecule has 2 N–H and O–H groups in total. The van der Waals surface area contributed by atoms with E-state index in [4.69, 9.17) is 0 Å². The number of alkyl halides is 2. The number of benzene rings is 2. The molecule has 0 spiro atoms. The van der Waals surface area contributed by atoms with Gasteiger partial charge < -0.3 is 10.2 Å². The van der Waals surface area contributed by atoms with Crippen LogP contribution in [0.3, 0.4) is 0 Å². The minimum Gasteiger partial charge on any atom is -0.331 e. The lowest BCUT2D eigenvalue weighted by atomic mass is 10.0. The van der Waals surface area contributed by atoms with Crippen LogP contribution in [0.25, 0.3) is 0 Å². The monoisotopic (exact) mass is 447 g/mol. The smallest absolute Gasteiger partial charge is 0.331 e. The summed E-state index contributed by atoms with van der Waals surface area (Å²) in [5, 5.41) is 12.4. The van der Waals surface area contributed by atoms with Crippen LogP contribution in [0.4, 0.5) is 23.2 Å². The number of hydrogen-bond donors (Lipinski definition) is 2. The summed E-state index contributed by atoms with van der Waals surface area (Å²) in [7, 11) is 0. The van der Waals surface area contributed by atoms with Crippen molar-refractivity contribution in [3.63, 3.8) is 0 Å². The fourth-order valence-corrected chi connectivity index (χ4v) is 3.42. The van der Waals surface area contributed by atoms with Gasteiger partial charge in [-0.3, -0.25) is 14.7 Å². The molecule has 1 aliphatic rings. The zero-order chi connectivity index (χ0) is 23.0. The van der Waals surface area contributed by atoms with E-state index >= 15 is 8.78 Å². The molecule has 0 fully saturated rings. The second kappa shape index (κ2) is 8.06. The standard InChI is InChI=1S/C21H17F4N5O2/c1-11-8-13(3-5-15(11)22)26-19(31)12-2-4-16(23)14(9-12)21(24,25)20(32)30-7-6-17-18(10-30)28-29-27-17/h2-5,8-9H,6-7,10H2,1H3,(H,26,31)(H,27,28,29). The van der Waals surface area contributed by atoms with Crippen LogP contribution in [-0.2, 0) is 23.7 Å². The summed E-state index contributed by atoms with van der Waals surface area (Å²) in [6, 6.07) is 6.18. The van der Waals surface area contributed by atoms with Gasteiger partial charge in [-0.05, 0) is 48.9 Å². The van der Waals surface area contributed by atoms with Gasteiger partial charge >= 0.3 is 5.92 Å². The number of aromatic nitrogens is 3. The molecule has 2 heterocycles. The van der Waals surface area contributed by atoms with E-state index in [0.29, 0.717) is 23.5 Å². The molecule has 7 nitrogen and oxygen atoms in total. The molecule has 4 rings (SSSR count). The Morgan fingerprint density at radius 3 is 2.62 bits per heavy atom.